The van der Waals surface area contributed by atoms with Crippen molar-refractivity contribution in [2.24, 2.45) is 17.8 Å². The third-order valence-electron chi connectivity index (χ3n) is 3.38. The van der Waals surface area contributed by atoms with Crippen molar-refractivity contribution in [3.05, 3.63) is 0 Å². The Balaban J connectivity index is 2.06. The Morgan fingerprint density at radius 2 is 1.71 bits per heavy atom. The average Bonchev–Trinajstić information content (AvgIpc) is 2.78. The molecule has 0 spiro atoms. The number of carboxylic acids is 1. The van der Waals surface area contributed by atoms with Crippen LogP contribution in [-0.4, -0.2) is 35.2 Å². The summed E-state index contributed by atoms with van der Waals surface area (Å²) in [6, 6.07) is 0. The molecule has 0 bridgehead atoms. The smallest absolute Gasteiger partial charge is 0.307 e. The quantitative estimate of drug-likeness (QED) is 0.711. The third kappa shape index (κ3) is 2.11. The van der Waals surface area contributed by atoms with Gasteiger partial charge in [0.25, 0.3) is 0 Å². The number of hydrogen-bond donors (Lipinski definition) is 1. The van der Waals surface area contributed by atoms with Crippen molar-refractivity contribution in [3.63, 3.8) is 0 Å². The van der Waals surface area contributed by atoms with Gasteiger partial charge < -0.3 is 14.6 Å². The van der Waals surface area contributed by atoms with Crippen molar-refractivity contribution < 1.29 is 29.0 Å². The first-order chi connectivity index (χ1) is 7.91. The lowest BCUT2D eigenvalue weighted by Crippen LogP contribution is -2.34. The molecule has 2 rings (SSSR count). The van der Waals surface area contributed by atoms with Gasteiger partial charge in [-0.25, -0.2) is 0 Å². The Morgan fingerprint density at radius 1 is 1.12 bits per heavy atom. The molecule has 0 amide bonds. The molecule has 5 atom stereocenters. The van der Waals surface area contributed by atoms with Crippen molar-refractivity contribution in [3.8, 4) is 0 Å². The fourth-order valence-corrected chi connectivity index (χ4v) is 2.82. The Labute approximate surface area is 97.9 Å². The second-order valence-electron chi connectivity index (χ2n) is 4.56. The minimum Gasteiger partial charge on any atom is -0.481 e. The summed E-state index contributed by atoms with van der Waals surface area (Å²) in [7, 11) is 0. The van der Waals surface area contributed by atoms with Gasteiger partial charge in [0, 0.05) is 19.8 Å². The van der Waals surface area contributed by atoms with Crippen LogP contribution in [0.25, 0.3) is 0 Å². The van der Waals surface area contributed by atoms with E-state index in [-0.39, 0.29) is 11.8 Å². The SMILES string of the molecule is CC(=O)OC1CC2C(C(=O)O)C2C1OC(C)=O. The zero-order chi connectivity index (χ0) is 12.7. The lowest BCUT2D eigenvalue weighted by Gasteiger charge is -2.22. The summed E-state index contributed by atoms with van der Waals surface area (Å²) < 4.78 is 10.1. The molecule has 0 saturated heterocycles. The maximum atomic E-state index is 11.0. The minimum absolute atomic E-state index is 0.0406. The van der Waals surface area contributed by atoms with E-state index < -0.39 is 36.0 Å². The van der Waals surface area contributed by atoms with Gasteiger partial charge in [0.2, 0.25) is 0 Å². The summed E-state index contributed by atoms with van der Waals surface area (Å²) in [5.74, 6) is -2.52. The predicted molar refractivity (Wildman–Crippen MR) is 53.8 cm³/mol. The number of hydrogen-bond acceptors (Lipinski definition) is 5. The van der Waals surface area contributed by atoms with E-state index in [1.165, 1.54) is 13.8 Å². The number of fused-ring (bicyclic) bond motifs is 1. The van der Waals surface area contributed by atoms with Crippen LogP contribution < -0.4 is 0 Å². The van der Waals surface area contributed by atoms with Gasteiger partial charge in [0.1, 0.15) is 12.2 Å². The van der Waals surface area contributed by atoms with E-state index in [0.29, 0.717) is 6.42 Å². The molecule has 17 heavy (non-hydrogen) atoms. The second-order valence-corrected chi connectivity index (χ2v) is 4.56. The van der Waals surface area contributed by atoms with E-state index in [0.717, 1.165) is 0 Å². The summed E-state index contributed by atoms with van der Waals surface area (Å²) in [6.45, 7) is 2.54. The highest BCUT2D eigenvalue weighted by Crippen LogP contribution is 2.59. The first-order valence-corrected chi connectivity index (χ1v) is 5.49. The second kappa shape index (κ2) is 4.01. The van der Waals surface area contributed by atoms with E-state index in [9.17, 15) is 14.4 Å². The van der Waals surface area contributed by atoms with Gasteiger partial charge in [-0.15, -0.1) is 0 Å². The van der Waals surface area contributed by atoms with E-state index >= 15 is 0 Å². The maximum Gasteiger partial charge on any atom is 0.307 e. The summed E-state index contributed by atoms with van der Waals surface area (Å²) in [5, 5.41) is 8.93. The van der Waals surface area contributed by atoms with Crippen molar-refractivity contribution in [1.82, 2.24) is 0 Å². The number of aliphatic carboxylic acids is 1. The van der Waals surface area contributed by atoms with Crippen LogP contribution in [0.15, 0.2) is 0 Å². The largest absolute Gasteiger partial charge is 0.481 e. The molecule has 0 aromatic rings. The molecular formula is C11H14O6. The molecule has 94 valence electrons. The van der Waals surface area contributed by atoms with Crippen LogP contribution in [0.4, 0.5) is 0 Å². The topological polar surface area (TPSA) is 89.9 Å². The molecule has 0 aliphatic heterocycles. The molecule has 0 radical (unpaired) electrons. The Bertz CT molecular complexity index is 374. The van der Waals surface area contributed by atoms with Crippen LogP contribution in [0.1, 0.15) is 20.3 Å². The zero-order valence-electron chi connectivity index (χ0n) is 9.58. The van der Waals surface area contributed by atoms with Crippen LogP contribution in [-0.2, 0) is 23.9 Å². The molecule has 0 heterocycles. The highest BCUT2D eigenvalue weighted by molar-refractivity contribution is 5.75. The lowest BCUT2D eigenvalue weighted by molar-refractivity contribution is -0.166. The van der Waals surface area contributed by atoms with E-state index in [2.05, 4.69) is 0 Å². The maximum absolute atomic E-state index is 11.0. The standard InChI is InChI=1S/C11H14O6/c1-4(12)16-7-3-6-8(9(6)11(14)15)10(7)17-5(2)13/h6-10H,3H2,1-2H3,(H,14,15). The van der Waals surface area contributed by atoms with Crippen LogP contribution in [0.2, 0.25) is 0 Å². The van der Waals surface area contributed by atoms with Crippen LogP contribution in [0.5, 0.6) is 0 Å². The van der Waals surface area contributed by atoms with Crippen molar-refractivity contribution in [2.75, 3.05) is 0 Å². The van der Waals surface area contributed by atoms with E-state index in [4.69, 9.17) is 14.6 Å². The number of rotatable bonds is 3. The molecule has 5 unspecified atom stereocenters. The van der Waals surface area contributed by atoms with Crippen LogP contribution >= 0.6 is 0 Å². The Morgan fingerprint density at radius 3 is 2.18 bits per heavy atom. The third-order valence-corrected chi connectivity index (χ3v) is 3.38. The minimum atomic E-state index is -0.876. The van der Waals surface area contributed by atoms with Gasteiger partial charge in [-0.1, -0.05) is 0 Å². The number of carbonyl (C=O) groups excluding carboxylic acids is 2. The summed E-state index contributed by atoms with van der Waals surface area (Å²) in [5.41, 5.74) is 0. The van der Waals surface area contributed by atoms with Crippen molar-refractivity contribution >= 4 is 17.9 Å². The average molecular weight is 242 g/mol. The van der Waals surface area contributed by atoms with Gasteiger partial charge in [-0.05, 0) is 12.3 Å². The number of carboxylic acid groups (broad SMARTS) is 1. The van der Waals surface area contributed by atoms with Gasteiger partial charge in [-0.2, -0.15) is 0 Å². The fraction of sp³-hybridized carbons (Fsp3) is 0.727. The molecule has 6 nitrogen and oxygen atoms in total. The molecule has 2 fully saturated rings. The lowest BCUT2D eigenvalue weighted by atomic mass is 10.1. The molecule has 2 aliphatic carbocycles. The number of ether oxygens (including phenoxy) is 2. The molecule has 2 saturated carbocycles. The first-order valence-electron chi connectivity index (χ1n) is 5.49. The fourth-order valence-electron chi connectivity index (χ4n) is 2.82. The summed E-state index contributed by atoms with van der Waals surface area (Å²) >= 11 is 0. The number of esters is 2. The molecule has 0 aromatic heterocycles. The molecule has 6 heteroatoms. The monoisotopic (exact) mass is 242 g/mol. The molecule has 0 aromatic carbocycles. The van der Waals surface area contributed by atoms with Crippen molar-refractivity contribution in [1.29, 1.82) is 0 Å². The Kier molecular flexibility index (Phi) is 2.81. The molecule has 2 aliphatic rings. The van der Waals surface area contributed by atoms with Crippen LogP contribution in [0, 0.1) is 17.8 Å². The predicted octanol–water partition coefficient (Wildman–Crippen LogP) is 0.200. The van der Waals surface area contributed by atoms with Gasteiger partial charge in [0.15, 0.2) is 0 Å². The zero-order valence-corrected chi connectivity index (χ0v) is 9.58. The first kappa shape index (κ1) is 11.9. The van der Waals surface area contributed by atoms with Gasteiger partial charge >= 0.3 is 17.9 Å². The highest BCUT2D eigenvalue weighted by atomic mass is 16.6. The summed E-state index contributed by atoms with van der Waals surface area (Å²) in [6.07, 6.45) is -0.649. The molecular weight excluding hydrogens is 228 g/mol. The van der Waals surface area contributed by atoms with Gasteiger partial charge in [0.05, 0.1) is 5.92 Å². The van der Waals surface area contributed by atoms with E-state index in [1.54, 1.807) is 0 Å². The van der Waals surface area contributed by atoms with Crippen LogP contribution in [0.3, 0.4) is 0 Å². The van der Waals surface area contributed by atoms with E-state index in [1.807, 2.05) is 0 Å². The number of carbonyl (C=O) groups is 3. The van der Waals surface area contributed by atoms with Crippen molar-refractivity contribution in [2.45, 2.75) is 32.5 Å². The summed E-state index contributed by atoms with van der Waals surface area (Å²) in [4.78, 5) is 32.7. The highest BCUT2D eigenvalue weighted by Gasteiger charge is 2.67. The normalized spacial score (nSPS) is 38.1. The Hall–Kier alpha value is -1.59. The van der Waals surface area contributed by atoms with Gasteiger partial charge in [-0.3, -0.25) is 14.4 Å². The molecule has 1 N–H and O–H groups in total.